The molecule has 4 heterocycles. The number of piperidine rings is 1. The van der Waals surface area contributed by atoms with Crippen molar-refractivity contribution < 1.29 is 32.9 Å². The number of carbonyl (C=O) groups is 1. The number of nitrogens with zero attached hydrogens (tertiary/aromatic N) is 4. The standard InChI is InChI=1S/C24H28F2N4O5/c1-13-9-16(35-23(25)26)11-20(34-12-33-2)21(13)17-10-14-7-8-29(22(14)28-27-17)18-5-3-15-4-6-19(18)30(15)24(31)32/h9-11,15,18-19,23H,3-8,12H2,1-2H3,(H,31,32). The van der Waals surface area contributed by atoms with E-state index in [-0.39, 0.29) is 30.7 Å². The minimum absolute atomic E-state index is 0.0113. The maximum Gasteiger partial charge on any atom is 0.407 e. The average molecular weight is 491 g/mol. The molecule has 3 aliphatic heterocycles. The summed E-state index contributed by atoms with van der Waals surface area (Å²) in [4.78, 5) is 15.7. The van der Waals surface area contributed by atoms with Crippen molar-refractivity contribution in [3.8, 4) is 22.8 Å². The number of aryl methyl sites for hydroxylation is 1. The zero-order chi connectivity index (χ0) is 24.7. The molecule has 3 aliphatic rings. The number of anilines is 1. The van der Waals surface area contributed by atoms with Crippen molar-refractivity contribution in [1.29, 1.82) is 0 Å². The van der Waals surface area contributed by atoms with Gasteiger partial charge in [0.25, 0.3) is 0 Å². The van der Waals surface area contributed by atoms with Gasteiger partial charge in [0.1, 0.15) is 11.5 Å². The topological polar surface area (TPSA) is 97.3 Å². The molecule has 1 aromatic heterocycles. The molecule has 35 heavy (non-hydrogen) atoms. The molecular weight excluding hydrogens is 462 g/mol. The monoisotopic (exact) mass is 490 g/mol. The van der Waals surface area contributed by atoms with Crippen molar-refractivity contribution in [3.05, 3.63) is 29.3 Å². The normalized spacial score (nSPS) is 23.1. The summed E-state index contributed by atoms with van der Waals surface area (Å²) in [6, 6.07) is 5.04. The summed E-state index contributed by atoms with van der Waals surface area (Å²) in [7, 11) is 1.47. The Balaban J connectivity index is 1.45. The molecule has 3 unspecified atom stereocenters. The molecule has 5 rings (SSSR count). The Bertz CT molecular complexity index is 1120. The minimum Gasteiger partial charge on any atom is -0.467 e. The molecule has 0 saturated carbocycles. The minimum atomic E-state index is -2.95. The predicted molar refractivity (Wildman–Crippen MR) is 122 cm³/mol. The first-order chi connectivity index (χ1) is 16.9. The van der Waals surface area contributed by atoms with Crippen LogP contribution < -0.4 is 14.4 Å². The molecule has 11 heteroatoms. The number of carboxylic acid groups (broad SMARTS) is 1. The van der Waals surface area contributed by atoms with Gasteiger partial charge in [0.05, 0.1) is 17.8 Å². The molecule has 1 aromatic carbocycles. The Morgan fingerprint density at radius 3 is 2.66 bits per heavy atom. The van der Waals surface area contributed by atoms with Gasteiger partial charge < -0.3 is 29.1 Å². The van der Waals surface area contributed by atoms with Crippen LogP contribution in [0.25, 0.3) is 11.3 Å². The van der Waals surface area contributed by atoms with Crippen molar-refractivity contribution in [2.45, 2.75) is 63.8 Å². The molecule has 2 fully saturated rings. The molecule has 188 valence electrons. The quantitative estimate of drug-likeness (QED) is 0.580. The van der Waals surface area contributed by atoms with Crippen molar-refractivity contribution in [2.75, 3.05) is 25.3 Å². The van der Waals surface area contributed by atoms with Crippen LogP contribution in [0, 0.1) is 6.92 Å². The number of amides is 1. The van der Waals surface area contributed by atoms with E-state index in [2.05, 4.69) is 19.8 Å². The van der Waals surface area contributed by atoms with Crippen LogP contribution in [-0.2, 0) is 11.2 Å². The summed E-state index contributed by atoms with van der Waals surface area (Å²) in [6.07, 6.45) is 3.48. The summed E-state index contributed by atoms with van der Waals surface area (Å²) in [6.45, 7) is -0.498. The second kappa shape index (κ2) is 9.44. The molecule has 2 saturated heterocycles. The number of aromatic nitrogens is 2. The van der Waals surface area contributed by atoms with Crippen molar-refractivity contribution in [1.82, 2.24) is 15.1 Å². The highest BCUT2D eigenvalue weighted by Crippen LogP contribution is 2.42. The van der Waals surface area contributed by atoms with Crippen LogP contribution in [0.1, 0.15) is 36.8 Å². The Morgan fingerprint density at radius 1 is 1.17 bits per heavy atom. The fourth-order valence-corrected chi connectivity index (χ4v) is 5.89. The van der Waals surface area contributed by atoms with E-state index in [1.807, 2.05) is 6.07 Å². The first-order valence-electron chi connectivity index (χ1n) is 11.7. The van der Waals surface area contributed by atoms with Gasteiger partial charge >= 0.3 is 12.7 Å². The maximum absolute atomic E-state index is 12.8. The molecule has 9 nitrogen and oxygen atoms in total. The van der Waals surface area contributed by atoms with Gasteiger partial charge in [-0.2, -0.15) is 8.78 Å². The van der Waals surface area contributed by atoms with E-state index in [0.29, 0.717) is 22.6 Å². The van der Waals surface area contributed by atoms with Crippen LogP contribution in [0.5, 0.6) is 11.5 Å². The van der Waals surface area contributed by atoms with Crippen LogP contribution in [0.2, 0.25) is 0 Å². The molecular formula is C24H28F2N4O5. The van der Waals surface area contributed by atoms with Crippen LogP contribution in [0.15, 0.2) is 18.2 Å². The first kappa shape index (κ1) is 23.5. The van der Waals surface area contributed by atoms with Gasteiger partial charge in [0, 0.05) is 36.9 Å². The van der Waals surface area contributed by atoms with E-state index >= 15 is 0 Å². The number of ether oxygens (including phenoxy) is 3. The highest BCUT2D eigenvalue weighted by molar-refractivity contribution is 5.74. The first-order valence-corrected chi connectivity index (χ1v) is 11.7. The second-order valence-electron chi connectivity index (χ2n) is 9.20. The largest absolute Gasteiger partial charge is 0.467 e. The van der Waals surface area contributed by atoms with E-state index < -0.39 is 12.7 Å². The fraction of sp³-hybridized carbons (Fsp3) is 0.542. The van der Waals surface area contributed by atoms with Crippen LogP contribution in [0.3, 0.4) is 0 Å². The number of fused-ring (bicyclic) bond motifs is 3. The summed E-state index contributed by atoms with van der Waals surface area (Å²) in [5, 5.41) is 18.7. The third-order valence-electron chi connectivity index (χ3n) is 7.24. The lowest BCUT2D eigenvalue weighted by Gasteiger charge is -2.42. The summed E-state index contributed by atoms with van der Waals surface area (Å²) in [5.41, 5.74) is 2.86. The summed E-state index contributed by atoms with van der Waals surface area (Å²) >= 11 is 0. The molecule has 3 atom stereocenters. The van der Waals surface area contributed by atoms with E-state index in [1.165, 1.54) is 19.2 Å². The van der Waals surface area contributed by atoms with Gasteiger partial charge in [0.15, 0.2) is 12.6 Å². The molecule has 2 bridgehead atoms. The lowest BCUT2D eigenvalue weighted by atomic mass is 9.96. The SMILES string of the molecule is COCOc1cc(OC(F)F)cc(C)c1-c1cc2c(nn1)N(C1CCC3CCC1N3C(=O)O)CC2. The van der Waals surface area contributed by atoms with Crippen molar-refractivity contribution in [2.24, 2.45) is 0 Å². The number of halogens is 2. The van der Waals surface area contributed by atoms with Gasteiger partial charge in [-0.25, -0.2) is 4.79 Å². The van der Waals surface area contributed by atoms with Gasteiger partial charge in [-0.15, -0.1) is 10.2 Å². The number of methoxy groups -OCH3 is 1. The molecule has 0 radical (unpaired) electrons. The zero-order valence-corrected chi connectivity index (χ0v) is 19.6. The van der Waals surface area contributed by atoms with Gasteiger partial charge in [-0.05, 0) is 56.7 Å². The Kier molecular flexibility index (Phi) is 6.35. The molecule has 2 aromatic rings. The smallest absolute Gasteiger partial charge is 0.407 e. The molecule has 0 aliphatic carbocycles. The maximum atomic E-state index is 12.8. The van der Waals surface area contributed by atoms with Gasteiger partial charge in [-0.3, -0.25) is 0 Å². The van der Waals surface area contributed by atoms with E-state index in [4.69, 9.17) is 9.47 Å². The lowest BCUT2D eigenvalue weighted by molar-refractivity contribution is -0.0500. The number of hydrogen-bond donors (Lipinski definition) is 1. The fourth-order valence-electron chi connectivity index (χ4n) is 5.89. The van der Waals surface area contributed by atoms with E-state index in [9.17, 15) is 18.7 Å². The predicted octanol–water partition coefficient (Wildman–Crippen LogP) is 4.07. The van der Waals surface area contributed by atoms with Crippen molar-refractivity contribution in [3.63, 3.8) is 0 Å². The van der Waals surface area contributed by atoms with Crippen LogP contribution >= 0.6 is 0 Å². The van der Waals surface area contributed by atoms with Crippen molar-refractivity contribution >= 4 is 11.9 Å². The summed E-state index contributed by atoms with van der Waals surface area (Å²) < 4.78 is 40.8. The van der Waals surface area contributed by atoms with E-state index in [1.54, 1.807) is 11.8 Å². The average Bonchev–Trinajstić information content (AvgIpc) is 3.37. The Labute approximate surface area is 201 Å². The number of benzene rings is 1. The highest BCUT2D eigenvalue weighted by Gasteiger charge is 2.48. The highest BCUT2D eigenvalue weighted by atomic mass is 19.3. The molecule has 1 amide bonds. The Morgan fingerprint density at radius 2 is 1.94 bits per heavy atom. The number of alkyl halides is 2. The summed E-state index contributed by atoms with van der Waals surface area (Å²) in [5.74, 6) is 1.08. The number of rotatable bonds is 7. The van der Waals surface area contributed by atoms with E-state index in [0.717, 1.165) is 50.0 Å². The third kappa shape index (κ3) is 4.33. The molecule has 1 N–H and O–H groups in total. The lowest BCUT2D eigenvalue weighted by Crippen LogP contribution is -2.56. The molecule has 0 spiro atoms. The van der Waals surface area contributed by atoms with Crippen LogP contribution in [0.4, 0.5) is 19.4 Å². The zero-order valence-electron chi connectivity index (χ0n) is 19.6. The Hall–Kier alpha value is -3.21. The van der Waals surface area contributed by atoms with Crippen LogP contribution in [-0.4, -0.2) is 71.5 Å². The van der Waals surface area contributed by atoms with Gasteiger partial charge in [0.2, 0.25) is 0 Å². The second-order valence-corrected chi connectivity index (χ2v) is 9.20. The van der Waals surface area contributed by atoms with Gasteiger partial charge in [-0.1, -0.05) is 0 Å². The third-order valence-corrected chi connectivity index (χ3v) is 7.24. The number of hydrogen-bond acceptors (Lipinski definition) is 7.